The standard InChI is InChI=1S/C8H6BrN3/c9-7-5-3-1-2-4-6(5)11-12-8(7)10/h1-4H,(H2,10,12). The van der Waals surface area contributed by atoms with Gasteiger partial charge in [-0.3, -0.25) is 0 Å². The number of nitrogens with two attached hydrogens (primary N) is 1. The Kier molecular flexibility index (Phi) is 1.69. The average Bonchev–Trinajstić information content (AvgIpc) is 2.12. The first-order chi connectivity index (χ1) is 5.79. The number of nitrogen functional groups attached to an aromatic ring is 1. The molecule has 12 heavy (non-hydrogen) atoms. The summed E-state index contributed by atoms with van der Waals surface area (Å²) in [6.45, 7) is 0. The van der Waals surface area contributed by atoms with E-state index in [-0.39, 0.29) is 0 Å². The van der Waals surface area contributed by atoms with E-state index in [0.717, 1.165) is 15.4 Å². The largest absolute Gasteiger partial charge is 0.381 e. The fourth-order valence-electron chi connectivity index (χ4n) is 1.04. The number of aromatic nitrogens is 2. The van der Waals surface area contributed by atoms with Crippen molar-refractivity contribution in [3.63, 3.8) is 0 Å². The highest BCUT2D eigenvalue weighted by Crippen LogP contribution is 2.25. The smallest absolute Gasteiger partial charge is 0.161 e. The number of rotatable bonds is 0. The minimum Gasteiger partial charge on any atom is -0.381 e. The first-order valence-corrected chi connectivity index (χ1v) is 4.25. The highest BCUT2D eigenvalue weighted by Gasteiger charge is 2.02. The van der Waals surface area contributed by atoms with Crippen LogP contribution in [0.5, 0.6) is 0 Å². The van der Waals surface area contributed by atoms with Crippen molar-refractivity contribution in [1.82, 2.24) is 10.2 Å². The minimum atomic E-state index is 0.425. The first-order valence-electron chi connectivity index (χ1n) is 3.45. The molecule has 0 atom stereocenters. The zero-order valence-electron chi connectivity index (χ0n) is 6.16. The number of hydrogen-bond donors (Lipinski definition) is 1. The maximum absolute atomic E-state index is 5.57. The monoisotopic (exact) mass is 223 g/mol. The van der Waals surface area contributed by atoms with E-state index in [4.69, 9.17) is 5.73 Å². The van der Waals surface area contributed by atoms with E-state index < -0.39 is 0 Å². The second kappa shape index (κ2) is 2.71. The van der Waals surface area contributed by atoms with Gasteiger partial charge < -0.3 is 5.73 Å². The topological polar surface area (TPSA) is 51.8 Å². The lowest BCUT2D eigenvalue weighted by Gasteiger charge is -1.99. The molecule has 0 spiro atoms. The Morgan fingerprint density at radius 1 is 1.17 bits per heavy atom. The molecule has 0 aliphatic carbocycles. The first kappa shape index (κ1) is 7.49. The van der Waals surface area contributed by atoms with Crippen LogP contribution >= 0.6 is 15.9 Å². The summed E-state index contributed by atoms with van der Waals surface area (Å²) in [7, 11) is 0. The van der Waals surface area contributed by atoms with Gasteiger partial charge in [0.1, 0.15) is 0 Å². The Morgan fingerprint density at radius 3 is 2.75 bits per heavy atom. The van der Waals surface area contributed by atoms with Gasteiger partial charge in [0, 0.05) is 5.39 Å². The predicted molar refractivity (Wildman–Crippen MR) is 51.7 cm³/mol. The van der Waals surface area contributed by atoms with Crippen molar-refractivity contribution in [1.29, 1.82) is 0 Å². The quantitative estimate of drug-likeness (QED) is 0.744. The van der Waals surface area contributed by atoms with Crippen LogP contribution in [-0.4, -0.2) is 10.2 Å². The molecule has 3 nitrogen and oxygen atoms in total. The van der Waals surface area contributed by atoms with Gasteiger partial charge in [-0.05, 0) is 22.0 Å². The highest BCUT2D eigenvalue weighted by molar-refractivity contribution is 9.10. The van der Waals surface area contributed by atoms with Gasteiger partial charge in [0.2, 0.25) is 0 Å². The van der Waals surface area contributed by atoms with Crippen LogP contribution in [0.25, 0.3) is 10.9 Å². The number of nitrogens with zero attached hydrogens (tertiary/aromatic N) is 2. The lowest BCUT2D eigenvalue weighted by molar-refractivity contribution is 1.08. The van der Waals surface area contributed by atoms with E-state index in [9.17, 15) is 0 Å². The fourth-order valence-corrected chi connectivity index (χ4v) is 1.45. The summed E-state index contributed by atoms with van der Waals surface area (Å²) < 4.78 is 0.813. The molecule has 0 saturated carbocycles. The molecule has 0 fully saturated rings. The number of fused-ring (bicyclic) bond motifs is 1. The van der Waals surface area contributed by atoms with Crippen LogP contribution in [0.3, 0.4) is 0 Å². The summed E-state index contributed by atoms with van der Waals surface area (Å²) in [6, 6.07) is 7.70. The van der Waals surface area contributed by atoms with Crippen LogP contribution in [0.15, 0.2) is 28.7 Å². The molecule has 0 saturated heterocycles. The molecule has 1 heterocycles. The molecule has 0 radical (unpaired) electrons. The van der Waals surface area contributed by atoms with Crippen molar-refractivity contribution >= 4 is 32.7 Å². The Morgan fingerprint density at radius 2 is 1.92 bits per heavy atom. The van der Waals surface area contributed by atoms with Crippen molar-refractivity contribution in [2.45, 2.75) is 0 Å². The third-order valence-corrected chi connectivity index (χ3v) is 2.46. The van der Waals surface area contributed by atoms with Crippen LogP contribution in [0, 0.1) is 0 Å². The Bertz CT molecular complexity index is 428. The predicted octanol–water partition coefficient (Wildman–Crippen LogP) is 1.97. The lowest BCUT2D eigenvalue weighted by Crippen LogP contribution is -1.94. The number of benzene rings is 1. The van der Waals surface area contributed by atoms with Crippen LogP contribution in [0.4, 0.5) is 5.82 Å². The van der Waals surface area contributed by atoms with Crippen LogP contribution in [0.2, 0.25) is 0 Å². The average molecular weight is 224 g/mol. The Balaban J connectivity index is 2.91. The third-order valence-electron chi connectivity index (χ3n) is 1.63. The Labute approximate surface area is 77.7 Å². The van der Waals surface area contributed by atoms with Gasteiger partial charge in [-0.25, -0.2) is 0 Å². The van der Waals surface area contributed by atoms with Crippen molar-refractivity contribution < 1.29 is 0 Å². The van der Waals surface area contributed by atoms with Crippen LogP contribution in [0.1, 0.15) is 0 Å². The molecule has 0 aliphatic rings. The molecular formula is C8H6BrN3. The molecule has 1 aromatic carbocycles. The van der Waals surface area contributed by atoms with Gasteiger partial charge in [0.25, 0.3) is 0 Å². The van der Waals surface area contributed by atoms with Crippen molar-refractivity contribution in [2.75, 3.05) is 5.73 Å². The van der Waals surface area contributed by atoms with Crippen LogP contribution in [-0.2, 0) is 0 Å². The van der Waals surface area contributed by atoms with Crippen molar-refractivity contribution in [3.8, 4) is 0 Å². The van der Waals surface area contributed by atoms with Gasteiger partial charge in [0.15, 0.2) is 5.82 Å². The van der Waals surface area contributed by atoms with Crippen LogP contribution < -0.4 is 5.73 Å². The summed E-state index contributed by atoms with van der Waals surface area (Å²) >= 11 is 3.35. The number of halogens is 1. The summed E-state index contributed by atoms with van der Waals surface area (Å²) in [5, 5.41) is 8.72. The molecule has 2 aromatic rings. The number of hydrogen-bond acceptors (Lipinski definition) is 3. The maximum Gasteiger partial charge on any atom is 0.161 e. The van der Waals surface area contributed by atoms with Gasteiger partial charge in [-0.15, -0.1) is 10.2 Å². The van der Waals surface area contributed by atoms with Gasteiger partial charge in [-0.1, -0.05) is 18.2 Å². The van der Waals surface area contributed by atoms with Crippen molar-refractivity contribution in [3.05, 3.63) is 28.7 Å². The van der Waals surface area contributed by atoms with Crippen molar-refractivity contribution in [2.24, 2.45) is 0 Å². The molecule has 2 rings (SSSR count). The molecule has 60 valence electrons. The summed E-state index contributed by atoms with van der Waals surface area (Å²) in [6.07, 6.45) is 0. The molecule has 0 amide bonds. The van der Waals surface area contributed by atoms with E-state index in [2.05, 4.69) is 26.1 Å². The van der Waals surface area contributed by atoms with E-state index in [0.29, 0.717) is 5.82 Å². The molecular weight excluding hydrogens is 218 g/mol. The summed E-state index contributed by atoms with van der Waals surface area (Å²) in [5.74, 6) is 0.425. The molecule has 0 unspecified atom stereocenters. The zero-order valence-corrected chi connectivity index (χ0v) is 7.75. The van der Waals surface area contributed by atoms with Gasteiger partial charge >= 0.3 is 0 Å². The summed E-state index contributed by atoms with van der Waals surface area (Å²) in [5.41, 5.74) is 6.41. The van der Waals surface area contributed by atoms with E-state index in [1.807, 2.05) is 24.3 Å². The lowest BCUT2D eigenvalue weighted by atomic mass is 10.2. The van der Waals surface area contributed by atoms with E-state index in [1.165, 1.54) is 0 Å². The molecule has 0 bridgehead atoms. The fraction of sp³-hybridized carbons (Fsp3) is 0. The SMILES string of the molecule is Nc1nnc2ccccc2c1Br. The third kappa shape index (κ3) is 1.04. The summed E-state index contributed by atoms with van der Waals surface area (Å²) in [4.78, 5) is 0. The number of anilines is 1. The van der Waals surface area contributed by atoms with E-state index >= 15 is 0 Å². The molecule has 2 N–H and O–H groups in total. The Hall–Kier alpha value is -1.16. The highest BCUT2D eigenvalue weighted by atomic mass is 79.9. The molecule has 1 aromatic heterocycles. The normalized spacial score (nSPS) is 10.4. The second-order valence-electron chi connectivity index (χ2n) is 2.42. The minimum absolute atomic E-state index is 0.425. The maximum atomic E-state index is 5.57. The second-order valence-corrected chi connectivity index (χ2v) is 3.21. The molecule has 0 aliphatic heterocycles. The van der Waals surface area contributed by atoms with E-state index in [1.54, 1.807) is 0 Å². The van der Waals surface area contributed by atoms with Gasteiger partial charge in [-0.2, -0.15) is 0 Å². The van der Waals surface area contributed by atoms with Gasteiger partial charge in [0.05, 0.1) is 9.99 Å². The zero-order chi connectivity index (χ0) is 8.55. The molecule has 4 heteroatoms.